The summed E-state index contributed by atoms with van der Waals surface area (Å²) in [7, 11) is 0. The van der Waals surface area contributed by atoms with Crippen LogP contribution in [0.5, 0.6) is 11.6 Å². The van der Waals surface area contributed by atoms with Crippen LogP contribution in [0.3, 0.4) is 0 Å². The van der Waals surface area contributed by atoms with Gasteiger partial charge in [0.1, 0.15) is 11.6 Å². The number of anilines is 1. The lowest BCUT2D eigenvalue weighted by atomic mass is 10.2. The van der Waals surface area contributed by atoms with Crippen molar-refractivity contribution in [1.29, 1.82) is 0 Å². The van der Waals surface area contributed by atoms with Crippen molar-refractivity contribution in [3.05, 3.63) is 110 Å². The Kier molecular flexibility index (Phi) is 7.94. The summed E-state index contributed by atoms with van der Waals surface area (Å²) < 4.78 is 20.7. The molecule has 0 saturated carbocycles. The summed E-state index contributed by atoms with van der Waals surface area (Å²) in [5.74, 6) is -0.841. The Morgan fingerprint density at radius 3 is 2.35 bits per heavy atom. The SMILES string of the molecule is O=C(O)CCn1c(=O)nc(NCc2ccc(Oc3ccc(F)cn3)cc2)n(Cc2ccc(Cl)cc2)c1=O. The van der Waals surface area contributed by atoms with Gasteiger partial charge in [0.05, 0.1) is 19.2 Å². The molecule has 12 heteroatoms. The third-order valence-electron chi connectivity index (χ3n) is 5.25. The highest BCUT2D eigenvalue weighted by atomic mass is 35.5. The Balaban J connectivity index is 1.55. The van der Waals surface area contributed by atoms with Crippen LogP contribution in [0, 0.1) is 5.82 Å². The van der Waals surface area contributed by atoms with Gasteiger partial charge in [-0.1, -0.05) is 35.9 Å². The van der Waals surface area contributed by atoms with E-state index in [1.807, 2.05) is 0 Å². The minimum absolute atomic E-state index is 0.0346. The van der Waals surface area contributed by atoms with Crippen LogP contribution in [0.2, 0.25) is 5.02 Å². The minimum Gasteiger partial charge on any atom is -0.481 e. The van der Waals surface area contributed by atoms with Gasteiger partial charge in [-0.15, -0.1) is 0 Å². The lowest BCUT2D eigenvalue weighted by Gasteiger charge is -2.15. The molecule has 0 aliphatic heterocycles. The van der Waals surface area contributed by atoms with Gasteiger partial charge >= 0.3 is 17.3 Å². The number of rotatable bonds is 10. The highest BCUT2D eigenvalue weighted by Crippen LogP contribution is 2.20. The molecule has 2 N–H and O–H groups in total. The monoisotopic (exact) mass is 525 g/mol. The van der Waals surface area contributed by atoms with Crippen molar-refractivity contribution in [1.82, 2.24) is 19.1 Å². The lowest BCUT2D eigenvalue weighted by Crippen LogP contribution is -2.43. The Morgan fingerprint density at radius 2 is 1.70 bits per heavy atom. The zero-order valence-corrected chi connectivity index (χ0v) is 20.1. The molecule has 0 radical (unpaired) electrons. The topological polar surface area (TPSA) is 128 Å². The van der Waals surface area contributed by atoms with Gasteiger partial charge in [-0.2, -0.15) is 4.98 Å². The summed E-state index contributed by atoms with van der Waals surface area (Å²) in [6, 6.07) is 16.4. The standard InChI is InChI=1S/C25H21ClFN5O5/c26-18-5-1-17(2-6-18)15-32-23(30-24(35)31(25(32)36)12-11-22(33)34)29-13-16-3-8-20(9-4-16)37-21-10-7-19(27)14-28-21/h1-10,14H,11-13,15H2,(H,33,34)(H,29,30,35). The van der Waals surface area contributed by atoms with Crippen LogP contribution in [-0.4, -0.2) is 30.2 Å². The molecule has 0 atom stereocenters. The van der Waals surface area contributed by atoms with E-state index in [-0.39, 0.29) is 31.5 Å². The number of halogens is 2. The van der Waals surface area contributed by atoms with E-state index in [4.69, 9.17) is 21.4 Å². The highest BCUT2D eigenvalue weighted by Gasteiger charge is 2.15. The first-order valence-electron chi connectivity index (χ1n) is 11.1. The Morgan fingerprint density at radius 1 is 1.00 bits per heavy atom. The quantitative estimate of drug-likeness (QED) is 0.322. The van der Waals surface area contributed by atoms with Crippen molar-refractivity contribution in [2.45, 2.75) is 26.1 Å². The number of nitrogens with zero attached hydrogens (tertiary/aromatic N) is 4. The van der Waals surface area contributed by atoms with E-state index < -0.39 is 29.6 Å². The van der Waals surface area contributed by atoms with Crippen LogP contribution in [0.25, 0.3) is 0 Å². The van der Waals surface area contributed by atoms with Crippen LogP contribution in [0.15, 0.2) is 76.4 Å². The molecule has 190 valence electrons. The molecule has 0 bridgehead atoms. The van der Waals surface area contributed by atoms with Crippen molar-refractivity contribution >= 4 is 23.5 Å². The maximum atomic E-state index is 13.1. The summed E-state index contributed by atoms with van der Waals surface area (Å²) in [5.41, 5.74) is -0.0108. The van der Waals surface area contributed by atoms with Gasteiger partial charge in [0.15, 0.2) is 0 Å². The molecular formula is C25H21ClFN5O5. The van der Waals surface area contributed by atoms with Crippen LogP contribution >= 0.6 is 11.6 Å². The summed E-state index contributed by atoms with van der Waals surface area (Å²) in [4.78, 5) is 44.5. The molecule has 0 spiro atoms. The fourth-order valence-electron chi connectivity index (χ4n) is 3.38. The molecule has 0 fully saturated rings. The largest absolute Gasteiger partial charge is 0.481 e. The maximum absolute atomic E-state index is 13.1. The second kappa shape index (κ2) is 11.5. The fourth-order valence-corrected chi connectivity index (χ4v) is 3.50. The predicted molar refractivity (Wildman–Crippen MR) is 134 cm³/mol. The summed E-state index contributed by atoms with van der Waals surface area (Å²) in [6.07, 6.45) is 0.659. The van der Waals surface area contributed by atoms with E-state index in [0.717, 1.165) is 21.9 Å². The summed E-state index contributed by atoms with van der Waals surface area (Å²) in [5, 5.41) is 12.5. The smallest absolute Gasteiger partial charge is 0.354 e. The third-order valence-corrected chi connectivity index (χ3v) is 5.50. The second-order valence-electron chi connectivity index (χ2n) is 7.92. The molecule has 0 unspecified atom stereocenters. The molecule has 37 heavy (non-hydrogen) atoms. The van der Waals surface area contributed by atoms with E-state index in [0.29, 0.717) is 10.8 Å². The Hall–Kier alpha value is -4.51. The predicted octanol–water partition coefficient (Wildman–Crippen LogP) is 3.52. The second-order valence-corrected chi connectivity index (χ2v) is 8.36. The van der Waals surface area contributed by atoms with Gasteiger partial charge in [-0.25, -0.2) is 23.5 Å². The van der Waals surface area contributed by atoms with E-state index in [1.54, 1.807) is 48.5 Å². The fraction of sp³-hybridized carbons (Fsp3) is 0.160. The number of carboxylic acids is 1. The van der Waals surface area contributed by atoms with E-state index in [9.17, 15) is 18.8 Å². The number of carboxylic acid groups (broad SMARTS) is 1. The average molecular weight is 526 g/mol. The maximum Gasteiger partial charge on any atom is 0.354 e. The Labute approximate surface area is 214 Å². The number of aromatic nitrogens is 4. The van der Waals surface area contributed by atoms with Crippen LogP contribution in [-0.2, 0) is 24.4 Å². The number of hydrogen-bond acceptors (Lipinski definition) is 7. The number of nitrogens with one attached hydrogen (secondary N) is 1. The average Bonchev–Trinajstić information content (AvgIpc) is 2.88. The molecule has 2 aromatic heterocycles. The lowest BCUT2D eigenvalue weighted by molar-refractivity contribution is -0.137. The first-order chi connectivity index (χ1) is 17.8. The third kappa shape index (κ3) is 6.79. The van der Waals surface area contributed by atoms with Crippen LogP contribution in [0.4, 0.5) is 10.3 Å². The number of ether oxygens (including phenoxy) is 1. The van der Waals surface area contributed by atoms with Crippen molar-refractivity contribution in [2.75, 3.05) is 5.32 Å². The molecule has 4 rings (SSSR count). The van der Waals surface area contributed by atoms with E-state index >= 15 is 0 Å². The van der Waals surface area contributed by atoms with Gasteiger partial charge in [0, 0.05) is 24.2 Å². The van der Waals surface area contributed by atoms with Gasteiger partial charge in [0.2, 0.25) is 11.8 Å². The Bertz CT molecular complexity index is 1500. The van der Waals surface area contributed by atoms with E-state index in [2.05, 4.69) is 15.3 Å². The van der Waals surface area contributed by atoms with Gasteiger partial charge < -0.3 is 15.2 Å². The molecule has 0 saturated heterocycles. The van der Waals surface area contributed by atoms with Gasteiger partial charge in [-0.05, 0) is 41.5 Å². The van der Waals surface area contributed by atoms with Gasteiger partial charge in [0.25, 0.3) is 0 Å². The van der Waals surface area contributed by atoms with E-state index in [1.165, 1.54) is 16.7 Å². The molecule has 10 nitrogen and oxygen atoms in total. The molecule has 4 aromatic rings. The number of aliphatic carboxylic acids is 1. The van der Waals surface area contributed by atoms with Crippen molar-refractivity contribution < 1.29 is 19.0 Å². The summed E-state index contributed by atoms with van der Waals surface area (Å²) >= 11 is 5.95. The zero-order chi connectivity index (χ0) is 26.4. The molecular weight excluding hydrogens is 505 g/mol. The zero-order valence-electron chi connectivity index (χ0n) is 19.3. The number of carbonyl (C=O) groups is 1. The number of benzene rings is 2. The highest BCUT2D eigenvalue weighted by molar-refractivity contribution is 6.30. The number of hydrogen-bond donors (Lipinski definition) is 2. The molecule has 0 amide bonds. The molecule has 2 heterocycles. The van der Waals surface area contributed by atoms with Crippen LogP contribution < -0.4 is 21.4 Å². The first kappa shape index (κ1) is 25.6. The molecule has 0 aliphatic rings. The minimum atomic E-state index is -1.14. The van der Waals surface area contributed by atoms with Crippen molar-refractivity contribution in [3.8, 4) is 11.6 Å². The van der Waals surface area contributed by atoms with Gasteiger partial charge in [-0.3, -0.25) is 9.36 Å². The number of pyridine rings is 1. The van der Waals surface area contributed by atoms with Crippen molar-refractivity contribution in [3.63, 3.8) is 0 Å². The first-order valence-corrected chi connectivity index (χ1v) is 11.5. The molecule has 2 aromatic carbocycles. The van der Waals surface area contributed by atoms with Crippen LogP contribution in [0.1, 0.15) is 17.5 Å². The molecule has 0 aliphatic carbocycles. The summed E-state index contributed by atoms with van der Waals surface area (Å²) in [6.45, 7) is 0.00211. The normalized spacial score (nSPS) is 10.8. The van der Waals surface area contributed by atoms with Crippen molar-refractivity contribution in [2.24, 2.45) is 0 Å².